The molecular formula is C24H25FN2O3. The number of amides is 1. The predicted octanol–water partition coefficient (Wildman–Crippen LogP) is 4.03. The Morgan fingerprint density at radius 3 is 2.70 bits per heavy atom. The monoisotopic (exact) mass is 408 g/mol. The van der Waals surface area contributed by atoms with Crippen molar-refractivity contribution in [2.75, 3.05) is 0 Å². The van der Waals surface area contributed by atoms with Crippen molar-refractivity contribution in [3.8, 4) is 0 Å². The zero-order valence-electron chi connectivity index (χ0n) is 16.9. The molecule has 1 heterocycles. The van der Waals surface area contributed by atoms with Gasteiger partial charge in [-0.05, 0) is 55.0 Å². The first-order chi connectivity index (χ1) is 14.5. The van der Waals surface area contributed by atoms with Gasteiger partial charge in [0.15, 0.2) is 0 Å². The van der Waals surface area contributed by atoms with Gasteiger partial charge in [0.2, 0.25) is 5.91 Å². The molecule has 5 nitrogen and oxygen atoms in total. The van der Waals surface area contributed by atoms with Gasteiger partial charge in [0.1, 0.15) is 11.9 Å². The molecule has 1 unspecified atom stereocenters. The zero-order valence-corrected chi connectivity index (χ0v) is 16.9. The molecule has 156 valence electrons. The minimum atomic E-state index is -0.889. The summed E-state index contributed by atoms with van der Waals surface area (Å²) in [5.41, 5.74) is 3.59. The number of fused-ring (bicyclic) bond motifs is 3. The molecule has 3 aromatic rings. The van der Waals surface area contributed by atoms with E-state index in [0.29, 0.717) is 25.7 Å². The number of carbonyl (C=O) groups excluding carboxylic acids is 1. The van der Waals surface area contributed by atoms with Gasteiger partial charge in [0, 0.05) is 22.6 Å². The van der Waals surface area contributed by atoms with Crippen LogP contribution in [0.1, 0.15) is 42.6 Å². The van der Waals surface area contributed by atoms with Crippen LogP contribution < -0.4 is 5.32 Å². The number of aliphatic carboxylic acids is 1. The zero-order chi connectivity index (χ0) is 21.3. The number of hydrogen-bond donors (Lipinski definition) is 2. The minimum Gasteiger partial charge on any atom is -0.480 e. The normalized spacial score (nSPS) is 16.8. The van der Waals surface area contributed by atoms with Gasteiger partial charge in [0.05, 0.1) is 6.42 Å². The summed E-state index contributed by atoms with van der Waals surface area (Å²) in [6.07, 6.45) is 2.70. The maximum absolute atomic E-state index is 14.0. The van der Waals surface area contributed by atoms with E-state index in [-0.39, 0.29) is 17.8 Å². The molecule has 0 saturated heterocycles. The number of carboxylic acids is 1. The van der Waals surface area contributed by atoms with Crippen molar-refractivity contribution < 1.29 is 19.1 Å². The average molecular weight is 408 g/mol. The largest absolute Gasteiger partial charge is 0.480 e. The molecule has 6 heteroatoms. The predicted molar refractivity (Wildman–Crippen MR) is 113 cm³/mol. The van der Waals surface area contributed by atoms with Crippen molar-refractivity contribution in [2.24, 2.45) is 0 Å². The topological polar surface area (TPSA) is 71.3 Å². The van der Waals surface area contributed by atoms with E-state index in [1.54, 1.807) is 6.07 Å². The van der Waals surface area contributed by atoms with Gasteiger partial charge >= 0.3 is 5.97 Å². The SMILES string of the molecule is CCC(C(=O)O)n1c2c(c3cc(F)ccc31)C[C@H](NC(=O)Cc1ccccc1)CC2. The highest BCUT2D eigenvalue weighted by Crippen LogP contribution is 2.36. The first-order valence-corrected chi connectivity index (χ1v) is 10.3. The maximum atomic E-state index is 14.0. The van der Waals surface area contributed by atoms with E-state index in [1.807, 2.05) is 41.8 Å². The van der Waals surface area contributed by atoms with Crippen molar-refractivity contribution in [2.45, 2.75) is 51.1 Å². The van der Waals surface area contributed by atoms with Crippen molar-refractivity contribution in [1.29, 1.82) is 0 Å². The van der Waals surface area contributed by atoms with E-state index in [0.717, 1.165) is 34.1 Å². The first-order valence-electron chi connectivity index (χ1n) is 10.3. The van der Waals surface area contributed by atoms with Crippen LogP contribution in [0.15, 0.2) is 48.5 Å². The summed E-state index contributed by atoms with van der Waals surface area (Å²) in [5, 5.41) is 13.6. The van der Waals surface area contributed by atoms with Gasteiger partial charge < -0.3 is 15.0 Å². The van der Waals surface area contributed by atoms with Crippen LogP contribution in [0.4, 0.5) is 4.39 Å². The highest BCUT2D eigenvalue weighted by Gasteiger charge is 2.30. The van der Waals surface area contributed by atoms with Crippen LogP contribution in [0.3, 0.4) is 0 Å². The lowest BCUT2D eigenvalue weighted by Crippen LogP contribution is -2.40. The van der Waals surface area contributed by atoms with Crippen LogP contribution in [-0.4, -0.2) is 27.6 Å². The molecule has 0 bridgehead atoms. The molecule has 2 atom stereocenters. The Labute approximate surface area is 174 Å². The smallest absolute Gasteiger partial charge is 0.326 e. The second kappa shape index (κ2) is 8.30. The second-order valence-corrected chi connectivity index (χ2v) is 7.89. The fourth-order valence-corrected chi connectivity index (χ4v) is 4.57. The summed E-state index contributed by atoms with van der Waals surface area (Å²) >= 11 is 0. The number of benzene rings is 2. The van der Waals surface area contributed by atoms with Crippen LogP contribution in [0.25, 0.3) is 10.9 Å². The molecule has 2 N–H and O–H groups in total. The molecule has 0 fully saturated rings. The van der Waals surface area contributed by atoms with E-state index in [9.17, 15) is 19.1 Å². The third-order valence-electron chi connectivity index (χ3n) is 5.92. The average Bonchev–Trinajstić information content (AvgIpc) is 3.02. The molecule has 1 aromatic heterocycles. The number of nitrogens with zero attached hydrogens (tertiary/aromatic N) is 1. The molecule has 0 radical (unpaired) electrons. The highest BCUT2D eigenvalue weighted by atomic mass is 19.1. The quantitative estimate of drug-likeness (QED) is 0.647. The number of nitrogens with one attached hydrogen (secondary N) is 1. The maximum Gasteiger partial charge on any atom is 0.326 e. The molecule has 2 aromatic carbocycles. The van der Waals surface area contributed by atoms with E-state index in [1.165, 1.54) is 12.1 Å². The van der Waals surface area contributed by atoms with E-state index in [2.05, 4.69) is 5.32 Å². The fourth-order valence-electron chi connectivity index (χ4n) is 4.57. The van der Waals surface area contributed by atoms with Gasteiger partial charge in [-0.3, -0.25) is 4.79 Å². The summed E-state index contributed by atoms with van der Waals surface area (Å²) in [7, 11) is 0. The Kier molecular flexibility index (Phi) is 5.57. The molecule has 0 aliphatic heterocycles. The van der Waals surface area contributed by atoms with E-state index < -0.39 is 12.0 Å². The summed E-state index contributed by atoms with van der Waals surface area (Å²) in [6.45, 7) is 1.84. The standard InChI is InChI=1S/C24H25FN2O3/c1-2-20(24(29)30)27-21-10-8-16(25)13-18(21)19-14-17(9-11-22(19)27)26-23(28)12-15-6-4-3-5-7-15/h3-8,10,13,17,20H,2,9,11-12,14H2,1H3,(H,26,28)(H,29,30)/t17-,20?/m1/s1. The molecule has 30 heavy (non-hydrogen) atoms. The lowest BCUT2D eigenvalue weighted by Gasteiger charge is -2.26. The van der Waals surface area contributed by atoms with E-state index >= 15 is 0 Å². The number of carbonyl (C=O) groups is 2. The molecule has 1 aliphatic rings. The Bertz CT molecular complexity index is 1090. The van der Waals surface area contributed by atoms with Gasteiger partial charge in [-0.25, -0.2) is 9.18 Å². The molecular weight excluding hydrogens is 383 g/mol. The Hall–Kier alpha value is -3.15. The van der Waals surface area contributed by atoms with Crippen molar-refractivity contribution >= 4 is 22.8 Å². The molecule has 0 saturated carbocycles. The Balaban J connectivity index is 1.63. The van der Waals surface area contributed by atoms with Crippen LogP contribution in [0, 0.1) is 5.82 Å². The Morgan fingerprint density at radius 1 is 1.23 bits per heavy atom. The van der Waals surface area contributed by atoms with Crippen LogP contribution in [0.5, 0.6) is 0 Å². The van der Waals surface area contributed by atoms with Crippen LogP contribution in [0.2, 0.25) is 0 Å². The number of hydrogen-bond acceptors (Lipinski definition) is 2. The number of carboxylic acid groups (broad SMARTS) is 1. The lowest BCUT2D eigenvalue weighted by atomic mass is 9.91. The number of aromatic nitrogens is 1. The van der Waals surface area contributed by atoms with Gasteiger partial charge in [-0.2, -0.15) is 0 Å². The Morgan fingerprint density at radius 2 is 2.00 bits per heavy atom. The third-order valence-corrected chi connectivity index (χ3v) is 5.92. The van der Waals surface area contributed by atoms with Crippen LogP contribution >= 0.6 is 0 Å². The third kappa shape index (κ3) is 3.82. The fraction of sp³-hybridized carbons (Fsp3) is 0.333. The lowest BCUT2D eigenvalue weighted by molar-refractivity contribution is -0.141. The van der Waals surface area contributed by atoms with Crippen molar-refractivity contribution in [3.63, 3.8) is 0 Å². The number of halogens is 1. The minimum absolute atomic E-state index is 0.0402. The number of rotatable bonds is 6. The molecule has 1 aliphatic carbocycles. The summed E-state index contributed by atoms with van der Waals surface area (Å²) in [5.74, 6) is -1.28. The van der Waals surface area contributed by atoms with Crippen LogP contribution in [-0.2, 0) is 28.9 Å². The summed E-state index contributed by atoms with van der Waals surface area (Å²) in [6, 6.07) is 13.4. The molecule has 4 rings (SSSR count). The second-order valence-electron chi connectivity index (χ2n) is 7.89. The summed E-state index contributed by atoms with van der Waals surface area (Å²) < 4.78 is 15.9. The molecule has 1 amide bonds. The highest BCUT2D eigenvalue weighted by molar-refractivity contribution is 5.88. The van der Waals surface area contributed by atoms with Gasteiger partial charge in [-0.15, -0.1) is 0 Å². The van der Waals surface area contributed by atoms with Gasteiger partial charge in [0.25, 0.3) is 0 Å². The van der Waals surface area contributed by atoms with E-state index in [4.69, 9.17) is 0 Å². The van der Waals surface area contributed by atoms with Gasteiger partial charge in [-0.1, -0.05) is 37.3 Å². The molecule has 0 spiro atoms. The van der Waals surface area contributed by atoms with Crippen molar-refractivity contribution in [1.82, 2.24) is 9.88 Å². The summed E-state index contributed by atoms with van der Waals surface area (Å²) in [4.78, 5) is 24.4. The first kappa shape index (κ1) is 20.1. The van der Waals surface area contributed by atoms with Crippen molar-refractivity contribution in [3.05, 3.63) is 71.2 Å².